The Morgan fingerprint density at radius 3 is 1.18 bits per heavy atom. The minimum Gasteiger partial charge on any atom is -0.508 e. The largest absolute Gasteiger partial charge is 0.508 e. The van der Waals surface area contributed by atoms with Crippen LogP contribution >= 0.6 is 84.3 Å². The number of nitrogens with zero attached hydrogens (tertiary/aromatic N) is 10. The van der Waals surface area contributed by atoms with Crippen molar-refractivity contribution in [1.82, 2.24) is 69.0 Å². The Morgan fingerprint density at radius 2 is 0.773 bits per heavy atom. The summed E-state index contributed by atoms with van der Waals surface area (Å²) in [4.78, 5) is 103. The number of aromatic nitrogens is 5. The third-order valence-corrected chi connectivity index (χ3v) is 32.5. The summed E-state index contributed by atoms with van der Waals surface area (Å²) in [5, 5.41) is 30.1. The van der Waals surface area contributed by atoms with Crippen molar-refractivity contribution in [3.63, 3.8) is 0 Å². The van der Waals surface area contributed by atoms with Crippen LogP contribution in [0.2, 0.25) is 10.0 Å². The predicted molar refractivity (Wildman–Crippen MR) is 604 cm³/mol. The molecule has 11 aromatic carbocycles. The van der Waals surface area contributed by atoms with Crippen LogP contribution in [-0.4, -0.2) is 211 Å². The van der Waals surface area contributed by atoms with Crippen molar-refractivity contribution in [2.24, 2.45) is 0 Å². The van der Waals surface area contributed by atoms with Gasteiger partial charge in [-0.15, -0.1) is 6.58 Å². The molecule has 5 aromatic heterocycles. The first-order chi connectivity index (χ1) is 72.4. The Bertz CT molecular complexity index is 8210. The van der Waals surface area contributed by atoms with Crippen molar-refractivity contribution in [2.45, 2.75) is 153 Å². The van der Waals surface area contributed by atoms with Crippen LogP contribution in [0.4, 0.5) is 10.1 Å². The zero-order valence-corrected chi connectivity index (χ0v) is 89.5. The lowest BCUT2D eigenvalue weighted by molar-refractivity contribution is -0.131. The number of aromatic amines is 5. The van der Waals surface area contributed by atoms with E-state index in [2.05, 4.69) is 107 Å². The first-order valence-electron chi connectivity index (χ1n) is 49.8. The van der Waals surface area contributed by atoms with Gasteiger partial charge in [-0.25, -0.2) is 4.39 Å². The summed E-state index contributed by atoms with van der Waals surface area (Å²) >= 11 is 41.5. The molecular weight excluding hydrogens is 2030 g/mol. The second-order valence-electron chi connectivity index (χ2n) is 39.6. The standard InChI is InChI=1S/C25H18FN3O2S.C24H25N3O2S.C22H20ClN3OS.C22H18ClN3OS.C22H21N3O4S.C2H6/c26-15-6-4-7-16(12-15)28-24(31)21-13-19-18-9-1-2-10-20(18)27-22(19)23(29(21)25(28)32)14-5-3-8-17(30)11-14;1-24(2,3)27-22(28)19-13-17-16-7-5-6-8-18(16)25-20(17)21(26(19)23(27)30)14-9-11-15(29-4)12-10-14;1-12(2)25-21(27)18-11-16-15-8-3-4-9-17(15)24-19(16)20(26(18)22(25)28)13-6-5-7-14(23)10-13;1-2-10-25-21(27)18-12-16-15-8-3-4-9-17(15)24-19(16)20(26(18)22(25)28)13-6-5-7-14(23)11-13;1-24-21(27)15-10-13-12-6-4-5-7-14(12)23-18(13)19(25(15)22(24)30)11-8-16(28-2)20(26)17(9-11)29-3;1-2/h1-12,21,23,27,30H,13H2;5-12,19,21,25H,13H2,1-4H3;3-10,12,18,20,24H,11H2,1-2H3;2-9,11,18,20,24H,1,10,12H2;4-9,15,19,23,26H,10H2,1-3H3;1-2H3. The molecule has 0 radical (unpaired) electrons. The van der Waals surface area contributed by atoms with Gasteiger partial charge in [-0.1, -0.05) is 189 Å². The van der Waals surface area contributed by atoms with E-state index in [1.54, 1.807) is 77.4 Å². The molecule has 5 fully saturated rings. The number of aromatic hydroxyl groups is 2. The number of anilines is 1. The van der Waals surface area contributed by atoms with Crippen LogP contribution in [0.25, 0.3) is 54.5 Å². The van der Waals surface area contributed by atoms with E-state index in [0.717, 1.165) is 117 Å². The first kappa shape index (κ1) is 101. The van der Waals surface area contributed by atoms with Crippen molar-refractivity contribution in [1.29, 1.82) is 0 Å². The molecule has 762 valence electrons. The number of para-hydroxylation sites is 5. The number of methoxy groups -OCH3 is 3. The molecule has 5 amide bonds. The fourth-order valence-electron chi connectivity index (χ4n) is 23.5. The maximum absolute atomic E-state index is 13.9. The van der Waals surface area contributed by atoms with E-state index in [0.29, 0.717) is 91.4 Å². The lowest BCUT2D eigenvalue weighted by Gasteiger charge is -2.38. The summed E-state index contributed by atoms with van der Waals surface area (Å²) in [6.45, 7) is 18.3. The van der Waals surface area contributed by atoms with Crippen molar-refractivity contribution >= 4 is 200 Å². The number of phenols is 2. The molecule has 26 rings (SSSR count). The van der Waals surface area contributed by atoms with Crippen LogP contribution in [0.3, 0.4) is 0 Å². The number of nitrogens with one attached hydrogen (secondary N) is 5. The maximum Gasteiger partial charge on any atom is 0.256 e. The highest BCUT2D eigenvalue weighted by Crippen LogP contribution is 2.54. The van der Waals surface area contributed by atoms with E-state index in [1.807, 2.05) is 198 Å². The molecule has 16 aromatic rings. The lowest BCUT2D eigenvalue weighted by Crippen LogP contribution is -2.46. The molecule has 0 aliphatic carbocycles. The molecule has 25 nitrogen and oxygen atoms in total. The Morgan fingerprint density at radius 1 is 0.407 bits per heavy atom. The van der Waals surface area contributed by atoms with Crippen molar-refractivity contribution in [3.8, 4) is 28.7 Å². The second kappa shape index (κ2) is 40.2. The Balaban J connectivity index is 0.000000109. The van der Waals surface area contributed by atoms with Crippen molar-refractivity contribution in [3.05, 3.63) is 367 Å². The number of amides is 5. The van der Waals surface area contributed by atoms with Crippen LogP contribution in [0.1, 0.15) is 163 Å². The zero-order valence-electron chi connectivity index (χ0n) is 83.9. The van der Waals surface area contributed by atoms with Crippen LogP contribution in [0.15, 0.2) is 267 Å². The molecule has 10 unspecified atom stereocenters. The number of likely N-dealkylation sites (N-methyl/N-ethyl adjacent to an activating group) is 1. The summed E-state index contributed by atoms with van der Waals surface area (Å²) in [6, 6.07) is 78.0. The number of phenolic OH excluding ortho intramolecular Hbond substituents is 2. The number of hydrogen-bond donors (Lipinski definition) is 7. The third-order valence-electron chi connectivity index (χ3n) is 29.9. The number of carbonyl (C=O) groups excluding carboxylic acids is 5. The number of thiocarbonyl (C=S) groups is 5. The van der Waals surface area contributed by atoms with Gasteiger partial charge in [0.25, 0.3) is 29.5 Å². The highest BCUT2D eigenvalue weighted by molar-refractivity contribution is 7.81. The van der Waals surface area contributed by atoms with Crippen molar-refractivity contribution in [2.75, 3.05) is 39.8 Å². The highest BCUT2D eigenvalue weighted by atomic mass is 35.5. The number of carbonyl (C=O) groups is 5. The Kier molecular flexibility index (Phi) is 27.1. The van der Waals surface area contributed by atoms with Crippen LogP contribution in [0, 0.1) is 5.82 Å². The second-order valence-corrected chi connectivity index (χ2v) is 42.3. The molecule has 10 aliphatic rings. The predicted octanol–water partition coefficient (Wildman–Crippen LogP) is 22.2. The van der Waals surface area contributed by atoms with Gasteiger partial charge in [0.05, 0.1) is 57.2 Å². The first-order valence-corrected chi connectivity index (χ1v) is 52.6. The number of rotatable bonds is 12. The van der Waals surface area contributed by atoms with E-state index in [1.165, 1.54) is 63.6 Å². The number of benzene rings is 11. The fraction of sp³-hybridized carbons (Fsp3) is 0.248. The molecule has 5 saturated heterocycles. The van der Waals surface area contributed by atoms with Crippen molar-refractivity contribution < 1.29 is 52.8 Å². The molecule has 7 N–H and O–H groups in total. The van der Waals surface area contributed by atoms with E-state index in [4.69, 9.17) is 98.5 Å². The molecule has 150 heavy (non-hydrogen) atoms. The molecule has 0 spiro atoms. The minimum atomic E-state index is -0.523. The minimum absolute atomic E-state index is 0.0151. The molecule has 10 atom stereocenters. The fourth-order valence-corrected chi connectivity index (χ4v) is 26.1. The quantitative estimate of drug-likeness (QED) is 0.0443. The summed E-state index contributed by atoms with van der Waals surface area (Å²) < 4.78 is 30.0. The van der Waals surface area contributed by atoms with Gasteiger partial charge in [0.1, 0.15) is 47.5 Å². The number of fused-ring (bicyclic) bond motifs is 20. The van der Waals surface area contributed by atoms with Gasteiger partial charge in [0.2, 0.25) is 5.75 Å². The summed E-state index contributed by atoms with van der Waals surface area (Å²) in [7, 11) is 6.36. The molecule has 0 saturated carbocycles. The van der Waals surface area contributed by atoms with Gasteiger partial charge < -0.3 is 73.8 Å². The SMILES string of the molecule is C=CCN1C(=O)C2Cc3c([nH]c4ccccc34)C(c3cccc(Cl)c3)N2C1=S.CC.CC(C)N1C(=O)C2Cc3c([nH]c4ccccc34)C(c3cccc(Cl)c3)N2C1=S.COc1cc(C2c3[nH]c4ccccc4c3CC3C(=O)N(C)C(=S)N32)cc(OC)c1O.COc1ccc(C2c3[nH]c4ccccc4c3CC3C(=O)N(C(C)(C)C)C(=S)N32)cc1.O=C1C2Cc3c([nH]c4ccccc34)C(c3cccc(O)c3)N2C(=S)N1c1cccc(F)c1. The molecule has 15 heterocycles. The Hall–Kier alpha value is -14.8. The highest BCUT2D eigenvalue weighted by Gasteiger charge is 2.58. The smallest absolute Gasteiger partial charge is 0.256 e. The average Bonchev–Trinajstić information content (AvgIpc) is 1.58. The summed E-state index contributed by atoms with van der Waals surface area (Å²) in [6.07, 6.45) is 4.70. The monoisotopic (exact) mass is 2130 g/mol. The van der Waals surface area contributed by atoms with E-state index < -0.39 is 17.9 Å². The topological polar surface area (TPSA) is 265 Å². The average molecular weight is 2130 g/mol. The van der Waals surface area contributed by atoms with Crippen LogP contribution in [0.5, 0.6) is 28.7 Å². The number of hydrogen-bond acceptors (Lipinski definition) is 15. The van der Waals surface area contributed by atoms with Gasteiger partial charge >= 0.3 is 0 Å². The van der Waals surface area contributed by atoms with Crippen LogP contribution < -0.4 is 19.1 Å². The Labute approximate surface area is 903 Å². The number of H-pyrrole nitrogens is 5. The van der Waals surface area contributed by atoms with E-state index >= 15 is 0 Å². The van der Waals surface area contributed by atoms with Gasteiger partial charge in [0.15, 0.2) is 37.1 Å². The molecular formula is C117H108Cl2FN15O10S5. The molecule has 10 aliphatic heterocycles. The maximum atomic E-state index is 13.9. The van der Waals surface area contributed by atoms with E-state index in [9.17, 15) is 38.6 Å². The zero-order chi connectivity index (χ0) is 105. The molecule has 33 heteroatoms. The van der Waals surface area contributed by atoms with Gasteiger partial charge in [-0.2, -0.15) is 0 Å². The van der Waals surface area contributed by atoms with Gasteiger partial charge in [-0.3, -0.25) is 48.5 Å². The van der Waals surface area contributed by atoms with Gasteiger partial charge in [-0.05, 0) is 261 Å². The molecule has 0 bridgehead atoms. The third kappa shape index (κ3) is 17.1. The summed E-state index contributed by atoms with van der Waals surface area (Å²) in [5.74, 6) is 1.06. The van der Waals surface area contributed by atoms with Crippen LogP contribution in [-0.2, 0) is 56.1 Å². The van der Waals surface area contributed by atoms with Gasteiger partial charge in [0, 0.05) is 150 Å². The lowest BCUT2D eigenvalue weighted by atomic mass is 9.88. The number of ether oxygens (including phenoxy) is 3. The normalized spacial score (nSPS) is 20.6. The number of halogens is 3. The summed E-state index contributed by atoms with van der Waals surface area (Å²) in [5.41, 5.74) is 21.0. The van der Waals surface area contributed by atoms with E-state index in [-0.39, 0.29) is 101 Å².